The quantitative estimate of drug-likeness (QED) is 0.396. The minimum Gasteiger partial charge on any atom is -0.394 e. The number of rotatable bonds is 8. The Hall–Kier alpha value is -0.460. The summed E-state index contributed by atoms with van der Waals surface area (Å²) in [6.07, 6.45) is -2.05. The molecule has 90 valence electrons. The second-order valence-electron chi connectivity index (χ2n) is 3.29. The molecule has 0 aliphatic heterocycles. The van der Waals surface area contributed by atoms with Crippen LogP contribution >= 0.6 is 0 Å². The lowest BCUT2D eigenvalue weighted by atomic mass is 10.1. The van der Waals surface area contributed by atoms with Gasteiger partial charge in [0.05, 0.1) is 19.8 Å². The molecule has 0 rings (SSSR count). The number of aliphatic hydroxyl groups excluding tert-OH is 4. The molecule has 4 N–H and O–H groups in total. The zero-order valence-corrected chi connectivity index (χ0v) is 8.96. The molecule has 0 fully saturated rings. The molecule has 0 aromatic carbocycles. The van der Waals surface area contributed by atoms with Gasteiger partial charge < -0.3 is 25.2 Å². The van der Waals surface area contributed by atoms with E-state index in [-0.39, 0.29) is 6.61 Å². The van der Waals surface area contributed by atoms with Crippen LogP contribution in [-0.2, 0) is 4.74 Å². The summed E-state index contributed by atoms with van der Waals surface area (Å²) in [6, 6.07) is 0. The van der Waals surface area contributed by atoms with Crippen LogP contribution in [0.4, 0.5) is 0 Å². The SMILES string of the molecule is C=C(CC)[C@H](CO)O[C@H](CO)[C@@H](O)CO. The predicted molar refractivity (Wildman–Crippen MR) is 55.4 cm³/mol. The van der Waals surface area contributed by atoms with Crippen molar-refractivity contribution in [1.29, 1.82) is 0 Å². The summed E-state index contributed by atoms with van der Waals surface area (Å²) in [6.45, 7) is 4.39. The van der Waals surface area contributed by atoms with Crippen LogP contribution in [0.3, 0.4) is 0 Å². The molecule has 0 aromatic heterocycles. The van der Waals surface area contributed by atoms with E-state index in [1.54, 1.807) is 0 Å². The minimum absolute atomic E-state index is 0.263. The molecule has 0 radical (unpaired) electrons. The first kappa shape index (κ1) is 14.5. The van der Waals surface area contributed by atoms with Crippen molar-refractivity contribution in [3.8, 4) is 0 Å². The first-order chi connectivity index (χ1) is 7.10. The molecule has 5 heteroatoms. The van der Waals surface area contributed by atoms with Crippen molar-refractivity contribution >= 4 is 0 Å². The highest BCUT2D eigenvalue weighted by molar-refractivity contribution is 5.01. The van der Waals surface area contributed by atoms with Gasteiger partial charge in [0, 0.05) is 0 Å². The van der Waals surface area contributed by atoms with Crippen molar-refractivity contribution in [3.05, 3.63) is 12.2 Å². The molecule has 0 bridgehead atoms. The van der Waals surface area contributed by atoms with Gasteiger partial charge in [-0.3, -0.25) is 0 Å². The molecule has 0 unspecified atom stereocenters. The van der Waals surface area contributed by atoms with Crippen LogP contribution in [0.5, 0.6) is 0 Å². The molecule has 0 aliphatic rings. The monoisotopic (exact) mass is 220 g/mol. The molecule has 0 spiro atoms. The molecule has 0 saturated carbocycles. The standard InChI is InChI=1S/C10H20O5/c1-3-7(2)9(5-12)15-10(6-13)8(14)4-11/h8-14H,2-6H2,1H3/t8-,9-,10+/m0/s1. The van der Waals surface area contributed by atoms with Crippen LogP contribution in [0.2, 0.25) is 0 Å². The Morgan fingerprint density at radius 2 is 1.80 bits per heavy atom. The molecule has 5 nitrogen and oxygen atoms in total. The fourth-order valence-corrected chi connectivity index (χ4v) is 1.08. The van der Waals surface area contributed by atoms with E-state index >= 15 is 0 Å². The molecule has 0 saturated heterocycles. The Morgan fingerprint density at radius 1 is 1.20 bits per heavy atom. The summed E-state index contributed by atoms with van der Waals surface area (Å²) in [4.78, 5) is 0. The predicted octanol–water partition coefficient (Wildman–Crippen LogP) is -0.956. The lowest BCUT2D eigenvalue weighted by Crippen LogP contribution is -2.39. The molecule has 0 heterocycles. The topological polar surface area (TPSA) is 90.2 Å². The Bertz CT molecular complexity index is 183. The second-order valence-corrected chi connectivity index (χ2v) is 3.29. The normalized spacial score (nSPS) is 17.1. The first-order valence-corrected chi connectivity index (χ1v) is 4.94. The highest BCUT2D eigenvalue weighted by Gasteiger charge is 2.23. The summed E-state index contributed by atoms with van der Waals surface area (Å²) >= 11 is 0. The van der Waals surface area contributed by atoms with E-state index in [0.29, 0.717) is 12.0 Å². The van der Waals surface area contributed by atoms with Crippen molar-refractivity contribution in [3.63, 3.8) is 0 Å². The average Bonchev–Trinajstić information content (AvgIpc) is 2.28. The Kier molecular flexibility index (Phi) is 7.54. The van der Waals surface area contributed by atoms with Crippen molar-refractivity contribution in [1.82, 2.24) is 0 Å². The van der Waals surface area contributed by atoms with Crippen molar-refractivity contribution < 1.29 is 25.2 Å². The van der Waals surface area contributed by atoms with E-state index in [1.807, 2.05) is 6.92 Å². The molecular formula is C10H20O5. The zero-order valence-electron chi connectivity index (χ0n) is 8.96. The van der Waals surface area contributed by atoms with E-state index in [4.69, 9.17) is 20.1 Å². The van der Waals surface area contributed by atoms with Crippen molar-refractivity contribution in [2.75, 3.05) is 19.8 Å². The van der Waals surface area contributed by atoms with E-state index in [2.05, 4.69) is 6.58 Å². The van der Waals surface area contributed by atoms with E-state index in [0.717, 1.165) is 0 Å². The summed E-state index contributed by atoms with van der Waals surface area (Å²) < 4.78 is 5.24. The van der Waals surface area contributed by atoms with Gasteiger partial charge in [0.1, 0.15) is 18.3 Å². The van der Waals surface area contributed by atoms with E-state index in [9.17, 15) is 5.11 Å². The van der Waals surface area contributed by atoms with Crippen LogP contribution in [-0.4, -0.2) is 58.6 Å². The van der Waals surface area contributed by atoms with Gasteiger partial charge in [0.25, 0.3) is 0 Å². The van der Waals surface area contributed by atoms with Gasteiger partial charge in [0.2, 0.25) is 0 Å². The van der Waals surface area contributed by atoms with Crippen LogP contribution in [0.25, 0.3) is 0 Å². The molecule has 0 aliphatic carbocycles. The van der Waals surface area contributed by atoms with Gasteiger partial charge in [-0.2, -0.15) is 0 Å². The van der Waals surface area contributed by atoms with Gasteiger partial charge in [-0.05, 0) is 12.0 Å². The third kappa shape index (κ3) is 4.72. The van der Waals surface area contributed by atoms with E-state index < -0.39 is 31.5 Å². The summed E-state index contributed by atoms with van der Waals surface area (Å²) in [5.74, 6) is 0. The van der Waals surface area contributed by atoms with Crippen LogP contribution in [0.15, 0.2) is 12.2 Å². The third-order valence-electron chi connectivity index (χ3n) is 2.21. The lowest BCUT2D eigenvalue weighted by Gasteiger charge is -2.26. The fraction of sp³-hybridized carbons (Fsp3) is 0.800. The van der Waals surface area contributed by atoms with Crippen molar-refractivity contribution in [2.24, 2.45) is 0 Å². The van der Waals surface area contributed by atoms with Gasteiger partial charge in [-0.15, -0.1) is 0 Å². The van der Waals surface area contributed by atoms with Crippen LogP contribution in [0.1, 0.15) is 13.3 Å². The summed E-state index contributed by atoms with van der Waals surface area (Å²) in [5, 5.41) is 35.9. The van der Waals surface area contributed by atoms with Gasteiger partial charge in [-0.1, -0.05) is 13.5 Å². The van der Waals surface area contributed by atoms with E-state index in [1.165, 1.54) is 0 Å². The molecule has 0 amide bonds. The maximum Gasteiger partial charge on any atom is 0.110 e. The Balaban J connectivity index is 4.29. The van der Waals surface area contributed by atoms with Gasteiger partial charge >= 0.3 is 0 Å². The number of hydrogen-bond acceptors (Lipinski definition) is 5. The second kappa shape index (κ2) is 7.78. The first-order valence-electron chi connectivity index (χ1n) is 4.94. The maximum atomic E-state index is 9.27. The molecule has 3 atom stereocenters. The fourth-order valence-electron chi connectivity index (χ4n) is 1.08. The molecule has 0 aromatic rings. The number of aliphatic hydroxyl groups is 4. The van der Waals surface area contributed by atoms with Gasteiger partial charge in [-0.25, -0.2) is 0 Å². The highest BCUT2D eigenvalue weighted by atomic mass is 16.5. The largest absolute Gasteiger partial charge is 0.394 e. The number of ether oxygens (including phenoxy) is 1. The Labute approximate surface area is 89.6 Å². The third-order valence-corrected chi connectivity index (χ3v) is 2.21. The molecule has 15 heavy (non-hydrogen) atoms. The zero-order chi connectivity index (χ0) is 11.8. The summed E-state index contributed by atoms with van der Waals surface area (Å²) in [5.41, 5.74) is 0.682. The maximum absolute atomic E-state index is 9.27. The average molecular weight is 220 g/mol. The van der Waals surface area contributed by atoms with Crippen LogP contribution in [0, 0.1) is 0 Å². The Morgan fingerprint density at radius 3 is 2.13 bits per heavy atom. The minimum atomic E-state index is -1.16. The highest BCUT2D eigenvalue weighted by Crippen LogP contribution is 2.12. The lowest BCUT2D eigenvalue weighted by molar-refractivity contribution is -0.110. The molecular weight excluding hydrogens is 200 g/mol. The van der Waals surface area contributed by atoms with Gasteiger partial charge in [0.15, 0.2) is 0 Å². The summed E-state index contributed by atoms with van der Waals surface area (Å²) in [7, 11) is 0. The van der Waals surface area contributed by atoms with Crippen molar-refractivity contribution in [2.45, 2.75) is 31.7 Å². The smallest absolute Gasteiger partial charge is 0.110 e. The van der Waals surface area contributed by atoms with Crippen LogP contribution < -0.4 is 0 Å². The number of hydrogen-bond donors (Lipinski definition) is 4.